The van der Waals surface area contributed by atoms with Crippen LogP contribution < -0.4 is 11.1 Å². The van der Waals surface area contributed by atoms with E-state index in [1.807, 2.05) is 0 Å². The number of benzene rings is 1. The number of rotatable bonds is 7. The second-order valence-electron chi connectivity index (χ2n) is 4.50. The van der Waals surface area contributed by atoms with Crippen LogP contribution in [0, 0.1) is 10.1 Å². The maximum atomic E-state index is 12.1. The third-order valence-corrected chi connectivity index (χ3v) is 2.89. The fraction of sp³-hybridized carbons (Fsp3) is 0.286. The molecular formula is C14H17N3O5. The zero-order valence-corrected chi connectivity index (χ0v) is 12.0. The maximum Gasteiger partial charge on any atom is 0.405 e. The summed E-state index contributed by atoms with van der Waals surface area (Å²) in [4.78, 5) is 33.3. The molecule has 2 unspecified atom stereocenters. The molecule has 8 heteroatoms. The van der Waals surface area contributed by atoms with Crippen molar-refractivity contribution in [3.05, 3.63) is 52.6 Å². The number of hydrogen-bond acceptors (Lipinski definition) is 5. The molecule has 2 amide bonds. The monoisotopic (exact) mass is 307 g/mol. The van der Waals surface area contributed by atoms with Gasteiger partial charge in [0.15, 0.2) is 6.10 Å². The standard InChI is InChI=1S/C14H17N3O5/c1-3-6-12(22-14(15)19)13(18)16-9(2)10-7-4-5-8-11(10)17(20)21/h3-5,7-9,12H,1,6H2,2H3,(H2,15,19)(H,16,18). The number of nitrogens with zero attached hydrogens (tertiary/aromatic N) is 1. The summed E-state index contributed by atoms with van der Waals surface area (Å²) in [6, 6.07) is 5.41. The molecule has 0 saturated carbocycles. The van der Waals surface area contributed by atoms with Crippen LogP contribution in [0.25, 0.3) is 0 Å². The number of nitrogens with one attached hydrogen (secondary N) is 1. The van der Waals surface area contributed by atoms with Gasteiger partial charge in [0.05, 0.1) is 16.5 Å². The summed E-state index contributed by atoms with van der Waals surface area (Å²) >= 11 is 0. The minimum atomic E-state index is -1.12. The van der Waals surface area contributed by atoms with Gasteiger partial charge in [-0.25, -0.2) is 4.79 Å². The lowest BCUT2D eigenvalue weighted by molar-refractivity contribution is -0.385. The number of ether oxygens (including phenoxy) is 1. The number of primary amides is 1. The molecule has 1 aromatic carbocycles. The summed E-state index contributed by atoms with van der Waals surface area (Å²) in [5.41, 5.74) is 5.14. The van der Waals surface area contributed by atoms with Crippen LogP contribution in [0.4, 0.5) is 10.5 Å². The Balaban J connectivity index is 2.88. The van der Waals surface area contributed by atoms with E-state index in [9.17, 15) is 19.7 Å². The van der Waals surface area contributed by atoms with Crippen LogP contribution in [0.3, 0.4) is 0 Å². The van der Waals surface area contributed by atoms with Crippen molar-refractivity contribution in [3.63, 3.8) is 0 Å². The van der Waals surface area contributed by atoms with Gasteiger partial charge in [0, 0.05) is 12.5 Å². The van der Waals surface area contributed by atoms with E-state index in [0.717, 1.165) is 0 Å². The number of carbonyl (C=O) groups is 2. The Bertz CT molecular complexity index is 588. The molecule has 0 fully saturated rings. The lowest BCUT2D eigenvalue weighted by Gasteiger charge is -2.19. The van der Waals surface area contributed by atoms with E-state index in [1.165, 1.54) is 18.2 Å². The summed E-state index contributed by atoms with van der Waals surface area (Å²) in [7, 11) is 0. The highest BCUT2D eigenvalue weighted by molar-refractivity contribution is 5.83. The minimum Gasteiger partial charge on any atom is -0.436 e. The number of nitrogens with two attached hydrogens (primary N) is 1. The molecule has 0 aliphatic carbocycles. The first kappa shape index (κ1) is 17.2. The largest absolute Gasteiger partial charge is 0.436 e. The highest BCUT2D eigenvalue weighted by Gasteiger charge is 2.25. The Kier molecular flexibility index (Phi) is 6.06. The number of nitro benzene ring substituents is 1. The Labute approximate surface area is 127 Å². The highest BCUT2D eigenvalue weighted by Crippen LogP contribution is 2.24. The van der Waals surface area contributed by atoms with Crippen molar-refractivity contribution in [2.45, 2.75) is 25.5 Å². The number of nitro groups is 1. The Morgan fingerprint density at radius 1 is 1.50 bits per heavy atom. The van der Waals surface area contributed by atoms with Crippen molar-refractivity contribution in [1.29, 1.82) is 0 Å². The molecule has 1 rings (SSSR count). The summed E-state index contributed by atoms with van der Waals surface area (Å²) in [5, 5.41) is 13.5. The third-order valence-electron chi connectivity index (χ3n) is 2.89. The zero-order chi connectivity index (χ0) is 16.7. The van der Waals surface area contributed by atoms with E-state index >= 15 is 0 Å². The Morgan fingerprint density at radius 3 is 2.68 bits per heavy atom. The van der Waals surface area contributed by atoms with Crippen LogP contribution in [0.15, 0.2) is 36.9 Å². The SMILES string of the molecule is C=CCC(OC(N)=O)C(=O)NC(C)c1ccccc1[N+](=O)[O-]. The molecular weight excluding hydrogens is 290 g/mol. The van der Waals surface area contributed by atoms with Crippen molar-refractivity contribution in [2.24, 2.45) is 5.73 Å². The normalized spacial score (nSPS) is 12.8. The van der Waals surface area contributed by atoms with E-state index in [-0.39, 0.29) is 12.1 Å². The van der Waals surface area contributed by atoms with Gasteiger partial charge < -0.3 is 15.8 Å². The van der Waals surface area contributed by atoms with Gasteiger partial charge in [0.2, 0.25) is 0 Å². The third kappa shape index (κ3) is 4.58. The smallest absolute Gasteiger partial charge is 0.405 e. The van der Waals surface area contributed by atoms with Gasteiger partial charge >= 0.3 is 6.09 Å². The van der Waals surface area contributed by atoms with Crippen LogP contribution in [0.2, 0.25) is 0 Å². The van der Waals surface area contributed by atoms with E-state index in [0.29, 0.717) is 5.56 Å². The number of carbonyl (C=O) groups excluding carboxylic acids is 2. The molecule has 118 valence electrons. The average molecular weight is 307 g/mol. The topological polar surface area (TPSA) is 125 Å². The molecule has 0 bridgehead atoms. The zero-order valence-electron chi connectivity index (χ0n) is 12.0. The molecule has 0 aliphatic rings. The second-order valence-corrected chi connectivity index (χ2v) is 4.50. The molecule has 0 aliphatic heterocycles. The predicted octanol–water partition coefficient (Wildman–Crippen LogP) is 1.81. The van der Waals surface area contributed by atoms with Crippen molar-refractivity contribution in [3.8, 4) is 0 Å². The fourth-order valence-electron chi connectivity index (χ4n) is 1.90. The summed E-state index contributed by atoms with van der Waals surface area (Å²) < 4.78 is 4.69. The van der Waals surface area contributed by atoms with E-state index < -0.39 is 29.1 Å². The summed E-state index contributed by atoms with van der Waals surface area (Å²) in [5.74, 6) is -0.607. The first-order valence-corrected chi connectivity index (χ1v) is 6.47. The first-order valence-electron chi connectivity index (χ1n) is 6.47. The van der Waals surface area contributed by atoms with Crippen molar-refractivity contribution < 1.29 is 19.2 Å². The van der Waals surface area contributed by atoms with Crippen LogP contribution in [-0.4, -0.2) is 23.0 Å². The first-order chi connectivity index (χ1) is 10.4. The van der Waals surface area contributed by atoms with Crippen LogP contribution >= 0.6 is 0 Å². The van der Waals surface area contributed by atoms with Gasteiger partial charge in [0.25, 0.3) is 11.6 Å². The molecule has 3 N–H and O–H groups in total. The summed E-state index contributed by atoms with van der Waals surface area (Å²) in [6.45, 7) is 5.06. The molecule has 0 aromatic heterocycles. The van der Waals surface area contributed by atoms with Crippen LogP contribution in [0.1, 0.15) is 24.9 Å². The lowest BCUT2D eigenvalue weighted by Crippen LogP contribution is -2.39. The predicted molar refractivity (Wildman–Crippen MR) is 78.9 cm³/mol. The maximum absolute atomic E-state index is 12.1. The van der Waals surface area contributed by atoms with Gasteiger partial charge in [-0.1, -0.05) is 24.3 Å². The molecule has 0 heterocycles. The van der Waals surface area contributed by atoms with E-state index in [4.69, 9.17) is 5.73 Å². The van der Waals surface area contributed by atoms with Crippen molar-refractivity contribution >= 4 is 17.7 Å². The number of amides is 2. The average Bonchev–Trinajstić information content (AvgIpc) is 2.46. The fourth-order valence-corrected chi connectivity index (χ4v) is 1.90. The molecule has 2 atom stereocenters. The molecule has 1 aromatic rings. The van der Waals surface area contributed by atoms with Crippen molar-refractivity contribution in [2.75, 3.05) is 0 Å². The van der Waals surface area contributed by atoms with Gasteiger partial charge in [-0.3, -0.25) is 14.9 Å². The molecule has 0 spiro atoms. The lowest BCUT2D eigenvalue weighted by atomic mass is 10.1. The quantitative estimate of drug-likeness (QED) is 0.451. The molecule has 0 saturated heterocycles. The van der Waals surface area contributed by atoms with Gasteiger partial charge in [-0.2, -0.15) is 0 Å². The van der Waals surface area contributed by atoms with E-state index in [2.05, 4.69) is 16.6 Å². The van der Waals surface area contributed by atoms with Crippen molar-refractivity contribution in [1.82, 2.24) is 5.32 Å². The second kappa shape index (κ2) is 7.77. The van der Waals surface area contributed by atoms with E-state index in [1.54, 1.807) is 19.1 Å². The Hall–Kier alpha value is -2.90. The summed E-state index contributed by atoms with van der Waals surface area (Å²) in [6.07, 6.45) is -0.721. The number of hydrogen-bond donors (Lipinski definition) is 2. The van der Waals surface area contributed by atoms with Crippen LogP contribution in [0.5, 0.6) is 0 Å². The number of para-hydroxylation sites is 1. The van der Waals surface area contributed by atoms with Gasteiger partial charge in [-0.05, 0) is 6.92 Å². The molecule has 0 radical (unpaired) electrons. The molecule has 22 heavy (non-hydrogen) atoms. The minimum absolute atomic E-state index is 0.0817. The Morgan fingerprint density at radius 2 is 2.14 bits per heavy atom. The highest BCUT2D eigenvalue weighted by atomic mass is 16.6. The van der Waals surface area contributed by atoms with Gasteiger partial charge in [-0.15, -0.1) is 6.58 Å². The van der Waals surface area contributed by atoms with Gasteiger partial charge in [0.1, 0.15) is 0 Å². The molecule has 8 nitrogen and oxygen atoms in total. The van der Waals surface area contributed by atoms with Crippen LogP contribution in [-0.2, 0) is 9.53 Å².